The van der Waals surface area contributed by atoms with E-state index in [-0.39, 0.29) is 39.5 Å². The molecule has 0 radical (unpaired) electrons. The minimum absolute atomic E-state index is 0.0243. The van der Waals surface area contributed by atoms with Gasteiger partial charge in [-0.05, 0) is 36.2 Å². The molecule has 0 aliphatic carbocycles. The molecule has 0 fully saturated rings. The summed E-state index contributed by atoms with van der Waals surface area (Å²) in [4.78, 5) is 32.0. The number of nitro groups is 1. The van der Waals surface area contributed by atoms with Crippen LogP contribution in [0.3, 0.4) is 0 Å². The molecule has 0 saturated carbocycles. The molecule has 1 atom stereocenters. The van der Waals surface area contributed by atoms with Crippen molar-refractivity contribution < 1.29 is 14.5 Å². The number of halogens is 3. The molecule has 0 spiro atoms. The molecule has 2 aromatic rings. The highest BCUT2D eigenvalue weighted by Gasteiger charge is 2.46. The summed E-state index contributed by atoms with van der Waals surface area (Å²) in [7, 11) is 2.75. The lowest BCUT2D eigenvalue weighted by atomic mass is 9.85. The average Bonchev–Trinajstić information content (AvgIpc) is 2.81. The van der Waals surface area contributed by atoms with Gasteiger partial charge in [-0.25, -0.2) is 9.78 Å². The predicted molar refractivity (Wildman–Crippen MR) is 130 cm³/mol. The van der Waals surface area contributed by atoms with Crippen LogP contribution >= 0.6 is 34.8 Å². The number of carbonyl (C=O) groups excluding carboxylic acids is 1. The largest absolute Gasteiger partial charge is 0.466 e. The molecule has 12 heteroatoms. The first-order valence-corrected chi connectivity index (χ1v) is 11.2. The molecule has 1 aromatic carbocycles. The van der Waals surface area contributed by atoms with Crippen LogP contribution in [0.1, 0.15) is 24.0 Å². The quantitative estimate of drug-likeness (QED) is 0.245. The smallest absolute Gasteiger partial charge is 0.338 e. The molecule has 180 valence electrons. The molecule has 0 amide bonds. The highest BCUT2D eigenvalue weighted by molar-refractivity contribution is 6.42. The van der Waals surface area contributed by atoms with Gasteiger partial charge in [0.2, 0.25) is 0 Å². The van der Waals surface area contributed by atoms with Gasteiger partial charge >= 0.3 is 5.97 Å². The van der Waals surface area contributed by atoms with Crippen LogP contribution < -0.4 is 5.73 Å². The van der Waals surface area contributed by atoms with Gasteiger partial charge in [0.25, 0.3) is 5.70 Å². The van der Waals surface area contributed by atoms with Crippen molar-refractivity contribution in [1.29, 1.82) is 0 Å². The number of esters is 1. The molecule has 2 heterocycles. The molecule has 0 saturated heterocycles. The van der Waals surface area contributed by atoms with Crippen molar-refractivity contribution in [2.75, 3.05) is 20.7 Å². The minimum atomic E-state index is -1.15. The summed E-state index contributed by atoms with van der Waals surface area (Å²) in [5.41, 5.74) is 7.22. The highest BCUT2D eigenvalue weighted by Crippen LogP contribution is 2.43. The van der Waals surface area contributed by atoms with Gasteiger partial charge in [0, 0.05) is 26.3 Å². The number of hydrogen-bond acceptors (Lipinski definition) is 8. The van der Waals surface area contributed by atoms with Crippen molar-refractivity contribution >= 4 is 40.8 Å². The molecule has 0 bridgehead atoms. The van der Waals surface area contributed by atoms with Crippen LogP contribution in [-0.2, 0) is 16.1 Å². The average molecular weight is 527 g/mol. The number of allylic oxidation sites excluding steroid dienone is 1. The Morgan fingerprint density at radius 3 is 2.50 bits per heavy atom. The maximum absolute atomic E-state index is 12.8. The van der Waals surface area contributed by atoms with Gasteiger partial charge in [0.15, 0.2) is 5.82 Å². The molecule has 34 heavy (non-hydrogen) atoms. The lowest BCUT2D eigenvalue weighted by Gasteiger charge is -2.38. The number of carbonyl (C=O) groups is 1. The zero-order valence-electron chi connectivity index (χ0n) is 18.6. The van der Waals surface area contributed by atoms with Crippen molar-refractivity contribution in [2.45, 2.75) is 19.4 Å². The Morgan fingerprint density at radius 1 is 1.26 bits per heavy atom. The number of nitrogens with two attached hydrogens (primary N) is 1. The third kappa shape index (κ3) is 4.91. The Morgan fingerprint density at radius 2 is 1.97 bits per heavy atom. The van der Waals surface area contributed by atoms with Gasteiger partial charge in [-0.2, -0.15) is 0 Å². The van der Waals surface area contributed by atoms with E-state index in [0.29, 0.717) is 17.3 Å². The van der Waals surface area contributed by atoms with Crippen LogP contribution in [0.2, 0.25) is 15.2 Å². The molecule has 1 aromatic heterocycles. The summed E-state index contributed by atoms with van der Waals surface area (Å²) in [5, 5.41) is 13.3. The van der Waals surface area contributed by atoms with Crippen molar-refractivity contribution in [3.8, 4) is 0 Å². The maximum atomic E-state index is 12.8. The normalized spacial score (nSPS) is 16.1. The third-order valence-electron chi connectivity index (χ3n) is 5.47. The molecular weight excluding hydrogens is 505 g/mol. The van der Waals surface area contributed by atoms with E-state index < -0.39 is 16.8 Å². The summed E-state index contributed by atoms with van der Waals surface area (Å²) < 4.78 is 4.93. The van der Waals surface area contributed by atoms with Gasteiger partial charge in [-0.3, -0.25) is 10.1 Å². The molecule has 2 N–H and O–H groups in total. The number of rotatable bonds is 7. The van der Waals surface area contributed by atoms with Gasteiger partial charge in [0.05, 0.1) is 27.7 Å². The van der Waals surface area contributed by atoms with E-state index in [2.05, 4.69) is 4.98 Å². The van der Waals surface area contributed by atoms with Crippen LogP contribution in [0.15, 0.2) is 59.4 Å². The van der Waals surface area contributed by atoms with Crippen molar-refractivity contribution in [2.24, 2.45) is 5.73 Å². The van der Waals surface area contributed by atoms with Gasteiger partial charge < -0.3 is 20.3 Å². The standard InChI is InChI=1S/C22H22Cl3N5O4/c1-4-29(11-12-5-8-16(25)27-10-12)21-19(30(32)33)17(13-6-7-14(23)15(24)9-13)18(22(31)34-3)20(26)28(21)2/h5-10,17H,4,11,26H2,1-3H3. The first kappa shape index (κ1) is 25.6. The Kier molecular flexibility index (Phi) is 7.91. The Labute approximate surface area is 211 Å². The van der Waals surface area contributed by atoms with Crippen molar-refractivity contribution in [3.05, 3.63) is 95.9 Å². The highest BCUT2D eigenvalue weighted by atomic mass is 35.5. The monoisotopic (exact) mass is 525 g/mol. The topological polar surface area (TPSA) is 115 Å². The van der Waals surface area contributed by atoms with E-state index in [1.54, 1.807) is 36.3 Å². The Hall–Kier alpha value is -3.01. The van der Waals surface area contributed by atoms with Crippen LogP contribution in [0, 0.1) is 10.1 Å². The Bertz CT molecular complexity index is 1180. The van der Waals surface area contributed by atoms with Crippen LogP contribution in [0.4, 0.5) is 0 Å². The van der Waals surface area contributed by atoms with Gasteiger partial charge in [-0.1, -0.05) is 46.9 Å². The second-order valence-electron chi connectivity index (χ2n) is 7.43. The predicted octanol–water partition coefficient (Wildman–Crippen LogP) is 4.38. The number of nitrogens with zero attached hydrogens (tertiary/aromatic N) is 4. The second-order valence-corrected chi connectivity index (χ2v) is 8.63. The molecular formula is C22H22Cl3N5O4. The van der Waals surface area contributed by atoms with Crippen LogP contribution in [0.5, 0.6) is 0 Å². The van der Waals surface area contributed by atoms with E-state index in [0.717, 1.165) is 5.56 Å². The molecule has 1 aliphatic rings. The lowest BCUT2D eigenvalue weighted by molar-refractivity contribution is -0.433. The van der Waals surface area contributed by atoms with Crippen LogP contribution in [0.25, 0.3) is 0 Å². The zero-order valence-corrected chi connectivity index (χ0v) is 20.9. The van der Waals surface area contributed by atoms with Crippen molar-refractivity contribution in [1.82, 2.24) is 14.8 Å². The summed E-state index contributed by atoms with van der Waals surface area (Å²) >= 11 is 18.2. The number of hydrogen-bond donors (Lipinski definition) is 1. The summed E-state index contributed by atoms with van der Waals surface area (Å²) in [6.45, 7) is 2.53. The zero-order chi connectivity index (χ0) is 25.2. The molecule has 9 nitrogen and oxygen atoms in total. The van der Waals surface area contributed by atoms with E-state index in [1.807, 2.05) is 6.92 Å². The van der Waals surface area contributed by atoms with E-state index in [9.17, 15) is 14.9 Å². The molecule has 1 aliphatic heterocycles. The van der Waals surface area contributed by atoms with Gasteiger partial charge in [0.1, 0.15) is 16.9 Å². The number of ether oxygens (including phenoxy) is 1. The summed E-state index contributed by atoms with van der Waals surface area (Å²) in [6, 6.07) is 7.98. The lowest BCUT2D eigenvalue weighted by Crippen LogP contribution is -2.43. The SMILES string of the molecule is CCN(Cc1ccc(Cl)nc1)C1=C([N+](=O)[O-])C(c2ccc(Cl)c(Cl)c2)C(C(=O)OC)=C(N)N1C. The number of pyridine rings is 1. The fraction of sp³-hybridized carbons (Fsp3) is 0.273. The number of benzene rings is 1. The Balaban J connectivity index is 2.26. The van der Waals surface area contributed by atoms with E-state index in [1.165, 1.54) is 24.1 Å². The maximum Gasteiger partial charge on any atom is 0.338 e. The first-order chi connectivity index (χ1) is 16.1. The van der Waals surface area contributed by atoms with Gasteiger partial charge in [-0.15, -0.1) is 0 Å². The minimum Gasteiger partial charge on any atom is -0.466 e. The molecule has 3 rings (SSSR count). The fourth-order valence-electron chi connectivity index (χ4n) is 3.85. The van der Waals surface area contributed by atoms with Crippen molar-refractivity contribution in [3.63, 3.8) is 0 Å². The molecule has 1 unspecified atom stereocenters. The number of aromatic nitrogens is 1. The third-order valence-corrected chi connectivity index (χ3v) is 6.43. The van der Waals surface area contributed by atoms with E-state index >= 15 is 0 Å². The second kappa shape index (κ2) is 10.5. The first-order valence-electron chi connectivity index (χ1n) is 10.1. The van der Waals surface area contributed by atoms with Crippen LogP contribution in [-0.4, -0.2) is 46.4 Å². The number of methoxy groups -OCH3 is 1. The fourth-order valence-corrected chi connectivity index (χ4v) is 4.27. The summed E-state index contributed by atoms with van der Waals surface area (Å²) in [5.74, 6) is -1.69. The summed E-state index contributed by atoms with van der Waals surface area (Å²) in [6.07, 6.45) is 1.59. The van der Waals surface area contributed by atoms with E-state index in [4.69, 9.17) is 45.3 Å².